The smallest absolute Gasteiger partial charge is 0.183 e. The van der Waals surface area contributed by atoms with Crippen molar-refractivity contribution in [2.45, 2.75) is 26.8 Å². The minimum atomic E-state index is -1.21. The standard InChI is InChI=1S/C16H20N2O4S/c1-4-8-22-13-11(6-5-7-12(13)21-3)9-17-16-18-10(2)14(23-16)15(19)20/h5-7H,4,8-9H2,1-3H3,(H,17,18)(H,19,20)/p-1. The molecule has 0 spiro atoms. The molecule has 1 heterocycles. The maximum absolute atomic E-state index is 11.0. The Bertz CT molecular complexity index is 685. The van der Waals surface area contributed by atoms with Crippen molar-refractivity contribution >= 4 is 22.4 Å². The lowest BCUT2D eigenvalue weighted by Gasteiger charge is -2.14. The highest BCUT2D eigenvalue weighted by molar-refractivity contribution is 7.17. The van der Waals surface area contributed by atoms with Crippen molar-refractivity contribution in [3.05, 3.63) is 34.3 Å². The summed E-state index contributed by atoms with van der Waals surface area (Å²) in [6.45, 7) is 4.73. The number of ether oxygens (including phenoxy) is 2. The van der Waals surface area contributed by atoms with Gasteiger partial charge in [0.2, 0.25) is 0 Å². The molecule has 1 N–H and O–H groups in total. The third kappa shape index (κ3) is 4.13. The molecule has 0 amide bonds. The van der Waals surface area contributed by atoms with Crippen LogP contribution >= 0.6 is 11.3 Å². The van der Waals surface area contributed by atoms with E-state index in [0.717, 1.165) is 23.3 Å². The number of aromatic carboxylic acids is 1. The molecule has 0 aliphatic heterocycles. The average molecular weight is 335 g/mol. The summed E-state index contributed by atoms with van der Waals surface area (Å²) in [6.07, 6.45) is 0.894. The highest BCUT2D eigenvalue weighted by atomic mass is 32.1. The van der Waals surface area contributed by atoms with Gasteiger partial charge in [0.15, 0.2) is 16.6 Å². The van der Waals surface area contributed by atoms with E-state index in [-0.39, 0.29) is 4.88 Å². The van der Waals surface area contributed by atoms with Gasteiger partial charge in [-0.3, -0.25) is 0 Å². The second-order valence-electron chi connectivity index (χ2n) is 4.87. The number of nitrogens with zero attached hydrogens (tertiary/aromatic N) is 1. The van der Waals surface area contributed by atoms with E-state index in [1.165, 1.54) is 0 Å². The highest BCUT2D eigenvalue weighted by Crippen LogP contribution is 2.32. The summed E-state index contributed by atoms with van der Waals surface area (Å²) in [5.41, 5.74) is 1.37. The molecule has 23 heavy (non-hydrogen) atoms. The first-order chi connectivity index (χ1) is 11.1. The lowest BCUT2D eigenvalue weighted by molar-refractivity contribution is -0.254. The van der Waals surface area contributed by atoms with E-state index >= 15 is 0 Å². The first kappa shape index (κ1) is 17.1. The number of hydrogen-bond acceptors (Lipinski definition) is 7. The largest absolute Gasteiger partial charge is 0.544 e. The van der Waals surface area contributed by atoms with Crippen LogP contribution < -0.4 is 19.9 Å². The lowest BCUT2D eigenvalue weighted by atomic mass is 10.2. The van der Waals surface area contributed by atoms with Gasteiger partial charge in [-0.25, -0.2) is 4.98 Å². The van der Waals surface area contributed by atoms with E-state index in [2.05, 4.69) is 10.3 Å². The Morgan fingerprint density at radius 3 is 2.83 bits per heavy atom. The number of benzene rings is 1. The van der Waals surface area contributed by atoms with Crippen LogP contribution in [-0.4, -0.2) is 24.7 Å². The van der Waals surface area contributed by atoms with E-state index in [9.17, 15) is 9.90 Å². The Balaban J connectivity index is 2.16. The van der Waals surface area contributed by atoms with Gasteiger partial charge in [0, 0.05) is 12.1 Å². The number of methoxy groups -OCH3 is 1. The van der Waals surface area contributed by atoms with Gasteiger partial charge in [0.1, 0.15) is 0 Å². The van der Waals surface area contributed by atoms with Crippen LogP contribution in [0, 0.1) is 6.92 Å². The number of nitrogens with one attached hydrogen (secondary N) is 1. The number of aromatic nitrogens is 1. The quantitative estimate of drug-likeness (QED) is 0.796. The summed E-state index contributed by atoms with van der Waals surface area (Å²) in [5.74, 6) is 0.155. The molecule has 6 nitrogen and oxygen atoms in total. The van der Waals surface area contributed by atoms with Gasteiger partial charge in [-0.2, -0.15) is 0 Å². The zero-order valence-electron chi connectivity index (χ0n) is 13.3. The number of rotatable bonds is 8. The number of anilines is 1. The monoisotopic (exact) mass is 335 g/mol. The Labute approximate surface area is 139 Å². The van der Waals surface area contributed by atoms with Gasteiger partial charge >= 0.3 is 0 Å². The molecule has 0 aliphatic rings. The van der Waals surface area contributed by atoms with Crippen LogP contribution in [0.1, 0.15) is 34.3 Å². The molecular formula is C16H19N2O4S-. The zero-order chi connectivity index (χ0) is 16.8. The van der Waals surface area contributed by atoms with Crippen LogP contribution in [0.2, 0.25) is 0 Å². The second-order valence-corrected chi connectivity index (χ2v) is 5.87. The number of hydrogen-bond donors (Lipinski definition) is 1. The summed E-state index contributed by atoms with van der Waals surface area (Å²) < 4.78 is 11.1. The molecule has 0 radical (unpaired) electrons. The normalized spacial score (nSPS) is 10.4. The fourth-order valence-electron chi connectivity index (χ4n) is 2.06. The lowest BCUT2D eigenvalue weighted by Crippen LogP contribution is -2.21. The molecule has 2 rings (SSSR count). The van der Waals surface area contributed by atoms with E-state index in [1.807, 2.05) is 25.1 Å². The molecule has 0 fully saturated rings. The van der Waals surface area contributed by atoms with Gasteiger partial charge in [-0.1, -0.05) is 30.4 Å². The van der Waals surface area contributed by atoms with Crippen LogP contribution in [0.4, 0.5) is 5.13 Å². The molecule has 0 saturated carbocycles. The highest BCUT2D eigenvalue weighted by Gasteiger charge is 2.12. The maximum atomic E-state index is 11.0. The van der Waals surface area contributed by atoms with Crippen molar-refractivity contribution in [3.63, 3.8) is 0 Å². The number of aryl methyl sites for hydroxylation is 1. The summed E-state index contributed by atoms with van der Waals surface area (Å²) in [4.78, 5) is 15.3. The van der Waals surface area contributed by atoms with Crippen molar-refractivity contribution < 1.29 is 19.4 Å². The first-order valence-electron chi connectivity index (χ1n) is 7.28. The molecule has 7 heteroatoms. The molecular weight excluding hydrogens is 316 g/mol. The molecule has 0 atom stereocenters. The minimum Gasteiger partial charge on any atom is -0.544 e. The van der Waals surface area contributed by atoms with Crippen molar-refractivity contribution in [1.82, 2.24) is 4.98 Å². The Kier molecular flexibility index (Phi) is 5.81. The third-order valence-corrected chi connectivity index (χ3v) is 4.24. The Morgan fingerprint density at radius 2 is 2.22 bits per heavy atom. The molecule has 0 unspecified atom stereocenters. The predicted molar refractivity (Wildman–Crippen MR) is 87.3 cm³/mol. The molecule has 1 aromatic carbocycles. The van der Waals surface area contributed by atoms with Crippen molar-refractivity contribution in [1.29, 1.82) is 0 Å². The molecule has 2 aromatic rings. The number of carbonyl (C=O) groups excluding carboxylic acids is 1. The molecule has 0 bridgehead atoms. The predicted octanol–water partition coefficient (Wildman–Crippen LogP) is 2.22. The fraction of sp³-hybridized carbons (Fsp3) is 0.375. The van der Waals surface area contributed by atoms with E-state index in [4.69, 9.17) is 9.47 Å². The third-order valence-electron chi connectivity index (χ3n) is 3.14. The van der Waals surface area contributed by atoms with Crippen molar-refractivity contribution in [2.75, 3.05) is 19.0 Å². The maximum Gasteiger partial charge on any atom is 0.183 e. The average Bonchev–Trinajstić information content (AvgIpc) is 2.92. The van der Waals surface area contributed by atoms with E-state index in [1.54, 1.807) is 14.0 Å². The number of thiazole rings is 1. The van der Waals surface area contributed by atoms with Gasteiger partial charge in [-0.05, 0) is 19.4 Å². The topological polar surface area (TPSA) is 83.5 Å². The number of carboxylic acid groups (broad SMARTS) is 1. The molecule has 0 saturated heterocycles. The van der Waals surface area contributed by atoms with Crippen LogP contribution in [0.3, 0.4) is 0 Å². The summed E-state index contributed by atoms with van der Waals surface area (Å²) in [5, 5.41) is 14.6. The number of carboxylic acids is 1. The molecule has 1 aromatic heterocycles. The Morgan fingerprint density at radius 1 is 1.43 bits per heavy atom. The SMILES string of the molecule is CCCOc1c(CNc2nc(C)c(C(=O)[O-])s2)cccc1OC. The van der Waals surface area contributed by atoms with E-state index in [0.29, 0.717) is 35.5 Å². The van der Waals surface area contributed by atoms with Gasteiger partial charge in [-0.15, -0.1) is 0 Å². The second kappa shape index (κ2) is 7.82. The summed E-state index contributed by atoms with van der Waals surface area (Å²) >= 11 is 1.06. The van der Waals surface area contributed by atoms with Crippen molar-refractivity contribution in [2.24, 2.45) is 0 Å². The van der Waals surface area contributed by atoms with Crippen molar-refractivity contribution in [3.8, 4) is 11.5 Å². The Hall–Kier alpha value is -2.28. The number of carbonyl (C=O) groups is 1. The minimum absolute atomic E-state index is 0.139. The molecule has 0 aliphatic carbocycles. The van der Waals surface area contributed by atoms with Crippen LogP contribution in [0.5, 0.6) is 11.5 Å². The summed E-state index contributed by atoms with van der Waals surface area (Å²) in [7, 11) is 1.60. The first-order valence-corrected chi connectivity index (χ1v) is 8.09. The van der Waals surface area contributed by atoms with Gasteiger partial charge in [0.25, 0.3) is 0 Å². The van der Waals surface area contributed by atoms with Crippen LogP contribution in [0.25, 0.3) is 0 Å². The molecule has 124 valence electrons. The summed E-state index contributed by atoms with van der Waals surface area (Å²) in [6, 6.07) is 5.66. The van der Waals surface area contributed by atoms with E-state index < -0.39 is 5.97 Å². The van der Waals surface area contributed by atoms with Crippen LogP contribution in [0.15, 0.2) is 18.2 Å². The zero-order valence-corrected chi connectivity index (χ0v) is 14.2. The fourth-order valence-corrected chi connectivity index (χ4v) is 2.86. The van der Waals surface area contributed by atoms with Gasteiger partial charge in [0.05, 0.1) is 30.3 Å². The van der Waals surface area contributed by atoms with Gasteiger partial charge < -0.3 is 24.7 Å². The number of para-hydroxylation sites is 1. The van der Waals surface area contributed by atoms with Crippen LogP contribution in [-0.2, 0) is 6.54 Å².